The van der Waals surface area contributed by atoms with Crippen molar-refractivity contribution >= 4 is 5.97 Å². The molecular weight excluding hydrogens is 226 g/mol. The van der Waals surface area contributed by atoms with Gasteiger partial charge in [-0.25, -0.2) is 4.79 Å². The summed E-state index contributed by atoms with van der Waals surface area (Å²) in [5.74, 6) is 0.0183. The molecule has 0 aromatic carbocycles. The first-order valence-electron chi connectivity index (χ1n) is 7.21. The summed E-state index contributed by atoms with van der Waals surface area (Å²) in [6, 6.07) is 0. The highest BCUT2D eigenvalue weighted by molar-refractivity contribution is 5.86. The number of hydrogen-bond acceptors (Lipinski definition) is 2. The van der Waals surface area contributed by atoms with Crippen molar-refractivity contribution < 1.29 is 9.90 Å². The van der Waals surface area contributed by atoms with Gasteiger partial charge < -0.3 is 10.4 Å². The van der Waals surface area contributed by atoms with Gasteiger partial charge in [0.2, 0.25) is 0 Å². The Morgan fingerprint density at radius 2 is 1.89 bits per heavy atom. The monoisotopic (exact) mass is 255 g/mol. The van der Waals surface area contributed by atoms with E-state index < -0.39 is 5.97 Å². The molecule has 0 fully saturated rings. The van der Waals surface area contributed by atoms with Crippen molar-refractivity contribution in [1.29, 1.82) is 0 Å². The van der Waals surface area contributed by atoms with Crippen molar-refractivity contribution in [2.24, 2.45) is 5.92 Å². The van der Waals surface area contributed by atoms with Gasteiger partial charge in [-0.2, -0.15) is 0 Å². The first-order chi connectivity index (χ1) is 8.57. The second-order valence-corrected chi connectivity index (χ2v) is 5.19. The molecule has 0 aliphatic rings. The summed E-state index contributed by atoms with van der Waals surface area (Å²) >= 11 is 0. The highest BCUT2D eigenvalue weighted by Gasteiger charge is 2.02. The molecule has 18 heavy (non-hydrogen) atoms. The minimum absolute atomic E-state index is 0.499. The number of carboxylic acid groups (broad SMARTS) is 1. The Labute approximate surface area is 112 Å². The van der Waals surface area contributed by atoms with Gasteiger partial charge >= 0.3 is 5.97 Å². The average molecular weight is 255 g/mol. The van der Waals surface area contributed by atoms with Crippen molar-refractivity contribution in [3.63, 3.8) is 0 Å². The molecule has 0 spiro atoms. The smallest absolute Gasteiger partial charge is 0.331 e. The number of rotatable bonds is 11. The van der Waals surface area contributed by atoms with Gasteiger partial charge in [0.1, 0.15) is 0 Å². The van der Waals surface area contributed by atoms with E-state index >= 15 is 0 Å². The largest absolute Gasteiger partial charge is 0.478 e. The summed E-state index contributed by atoms with van der Waals surface area (Å²) in [5.41, 5.74) is 0.499. The number of carboxylic acids is 1. The second-order valence-electron chi connectivity index (χ2n) is 5.19. The zero-order valence-electron chi connectivity index (χ0n) is 12.2. The maximum absolute atomic E-state index is 10.7. The van der Waals surface area contributed by atoms with Gasteiger partial charge in [-0.3, -0.25) is 0 Å². The van der Waals surface area contributed by atoms with Crippen LogP contribution in [0.15, 0.2) is 11.6 Å². The molecule has 3 heteroatoms. The van der Waals surface area contributed by atoms with Gasteiger partial charge in [0.25, 0.3) is 0 Å². The maximum atomic E-state index is 10.7. The van der Waals surface area contributed by atoms with Gasteiger partial charge in [0, 0.05) is 12.1 Å². The summed E-state index contributed by atoms with van der Waals surface area (Å²) < 4.78 is 0. The van der Waals surface area contributed by atoms with Gasteiger partial charge in [-0.15, -0.1) is 0 Å². The summed E-state index contributed by atoms with van der Waals surface area (Å²) in [6.45, 7) is 8.05. The van der Waals surface area contributed by atoms with Gasteiger partial charge in [-0.1, -0.05) is 52.5 Å². The number of nitrogens with one attached hydrogen (secondary N) is 1. The zero-order chi connectivity index (χ0) is 13.8. The Morgan fingerprint density at radius 3 is 2.44 bits per heavy atom. The standard InChI is InChI=1S/C15H29NO2/c1-4-14(15(17)18)10-12-16-11-8-6-5-7-9-13(2)3/h10,13,16H,4-9,11-12H2,1-3H3,(H,17,18). The van der Waals surface area contributed by atoms with Crippen LogP contribution in [0.2, 0.25) is 0 Å². The molecule has 0 unspecified atom stereocenters. The Hall–Kier alpha value is -0.830. The van der Waals surface area contributed by atoms with Crippen molar-refractivity contribution in [2.45, 2.75) is 59.3 Å². The van der Waals surface area contributed by atoms with E-state index in [2.05, 4.69) is 19.2 Å². The molecule has 0 saturated heterocycles. The predicted molar refractivity (Wildman–Crippen MR) is 76.8 cm³/mol. The highest BCUT2D eigenvalue weighted by atomic mass is 16.4. The van der Waals surface area contributed by atoms with Crippen LogP contribution in [0.3, 0.4) is 0 Å². The fourth-order valence-corrected chi connectivity index (χ4v) is 1.84. The van der Waals surface area contributed by atoms with Crippen molar-refractivity contribution in [3.05, 3.63) is 11.6 Å². The third-order valence-corrected chi connectivity index (χ3v) is 3.03. The maximum Gasteiger partial charge on any atom is 0.331 e. The predicted octanol–water partition coefficient (Wildman–Crippen LogP) is 3.60. The molecule has 0 aliphatic carbocycles. The van der Waals surface area contributed by atoms with Crippen LogP contribution < -0.4 is 5.32 Å². The number of carbonyl (C=O) groups is 1. The van der Waals surface area contributed by atoms with E-state index in [0.29, 0.717) is 18.5 Å². The van der Waals surface area contributed by atoms with Crippen LogP contribution in [0, 0.1) is 5.92 Å². The Balaban J connectivity index is 3.38. The number of aliphatic carboxylic acids is 1. The molecule has 0 aliphatic heterocycles. The van der Waals surface area contributed by atoms with E-state index in [0.717, 1.165) is 12.5 Å². The van der Waals surface area contributed by atoms with E-state index in [4.69, 9.17) is 5.11 Å². The molecule has 0 saturated carbocycles. The molecule has 0 rings (SSSR count). The third-order valence-electron chi connectivity index (χ3n) is 3.03. The summed E-state index contributed by atoms with van der Waals surface area (Å²) in [7, 11) is 0. The first kappa shape index (κ1) is 17.2. The fourth-order valence-electron chi connectivity index (χ4n) is 1.84. The first-order valence-corrected chi connectivity index (χ1v) is 7.21. The summed E-state index contributed by atoms with van der Waals surface area (Å²) in [4.78, 5) is 10.7. The summed E-state index contributed by atoms with van der Waals surface area (Å²) in [5, 5.41) is 12.1. The van der Waals surface area contributed by atoms with Crippen LogP contribution in [0.4, 0.5) is 0 Å². The molecule has 0 heterocycles. The number of unbranched alkanes of at least 4 members (excludes halogenated alkanes) is 3. The Kier molecular flexibility index (Phi) is 10.8. The van der Waals surface area contributed by atoms with Crippen LogP contribution in [-0.4, -0.2) is 24.2 Å². The Morgan fingerprint density at radius 1 is 1.22 bits per heavy atom. The van der Waals surface area contributed by atoms with Crippen LogP contribution in [0.25, 0.3) is 0 Å². The van der Waals surface area contributed by atoms with E-state index in [9.17, 15) is 4.79 Å². The van der Waals surface area contributed by atoms with Gasteiger partial charge in [-0.05, 0) is 25.3 Å². The lowest BCUT2D eigenvalue weighted by Crippen LogP contribution is -2.16. The molecule has 0 aromatic rings. The highest BCUT2D eigenvalue weighted by Crippen LogP contribution is 2.08. The quantitative estimate of drug-likeness (QED) is 0.438. The molecule has 0 bridgehead atoms. The molecule has 2 N–H and O–H groups in total. The zero-order valence-corrected chi connectivity index (χ0v) is 12.2. The minimum atomic E-state index is -0.798. The van der Waals surface area contributed by atoms with Gasteiger partial charge in [0.15, 0.2) is 0 Å². The van der Waals surface area contributed by atoms with Crippen LogP contribution in [0.5, 0.6) is 0 Å². The SMILES string of the molecule is CCC(=CCNCCCCCCC(C)C)C(=O)O. The van der Waals surface area contributed by atoms with E-state index in [1.807, 2.05) is 6.92 Å². The molecule has 0 aromatic heterocycles. The average Bonchev–Trinajstić information content (AvgIpc) is 2.31. The van der Waals surface area contributed by atoms with Crippen molar-refractivity contribution in [1.82, 2.24) is 5.32 Å². The Bertz CT molecular complexity index is 247. The lowest BCUT2D eigenvalue weighted by atomic mass is 10.0. The van der Waals surface area contributed by atoms with Crippen LogP contribution >= 0.6 is 0 Å². The van der Waals surface area contributed by atoms with E-state index in [-0.39, 0.29) is 0 Å². The van der Waals surface area contributed by atoms with Gasteiger partial charge in [0.05, 0.1) is 0 Å². The third kappa shape index (κ3) is 10.3. The topological polar surface area (TPSA) is 49.3 Å². The molecule has 106 valence electrons. The molecule has 0 radical (unpaired) electrons. The lowest BCUT2D eigenvalue weighted by molar-refractivity contribution is -0.132. The summed E-state index contributed by atoms with van der Waals surface area (Å²) in [6.07, 6.45) is 8.78. The van der Waals surface area contributed by atoms with Crippen molar-refractivity contribution in [3.8, 4) is 0 Å². The number of hydrogen-bond donors (Lipinski definition) is 2. The van der Waals surface area contributed by atoms with E-state index in [1.165, 1.54) is 32.1 Å². The molecule has 0 atom stereocenters. The fraction of sp³-hybridized carbons (Fsp3) is 0.800. The molecule has 0 amide bonds. The molecular formula is C15H29NO2. The molecule has 3 nitrogen and oxygen atoms in total. The van der Waals surface area contributed by atoms with E-state index in [1.54, 1.807) is 6.08 Å². The minimum Gasteiger partial charge on any atom is -0.478 e. The van der Waals surface area contributed by atoms with Crippen LogP contribution in [-0.2, 0) is 4.79 Å². The second kappa shape index (κ2) is 11.3. The normalized spacial score (nSPS) is 12.1. The van der Waals surface area contributed by atoms with Crippen LogP contribution in [0.1, 0.15) is 59.3 Å². The van der Waals surface area contributed by atoms with Crippen molar-refractivity contribution in [2.75, 3.05) is 13.1 Å². The lowest BCUT2D eigenvalue weighted by Gasteiger charge is -2.05.